The molecule has 122 valence electrons. The van der Waals surface area contributed by atoms with Crippen molar-refractivity contribution in [3.8, 4) is 0 Å². The molecule has 0 spiro atoms. The van der Waals surface area contributed by atoms with E-state index in [0.29, 0.717) is 23.7 Å². The zero-order chi connectivity index (χ0) is 16.4. The minimum Gasteiger partial charge on any atom is -0.467 e. The van der Waals surface area contributed by atoms with Crippen molar-refractivity contribution in [3.05, 3.63) is 48.3 Å². The molecule has 1 amide bonds. The normalized spacial score (nSPS) is 26.8. The molecule has 1 aliphatic heterocycles. The third-order valence-electron chi connectivity index (χ3n) is 4.48. The molecule has 0 bridgehead atoms. The van der Waals surface area contributed by atoms with Crippen LogP contribution >= 0.6 is 0 Å². The Kier molecular flexibility index (Phi) is 4.23. The van der Waals surface area contributed by atoms with Crippen molar-refractivity contribution in [2.75, 3.05) is 0 Å². The van der Waals surface area contributed by atoms with Crippen molar-refractivity contribution in [1.29, 1.82) is 0 Å². The molecule has 0 radical (unpaired) electrons. The molecule has 1 aliphatic rings. The predicted octanol–water partition coefficient (Wildman–Crippen LogP) is 3.62. The summed E-state index contributed by atoms with van der Waals surface area (Å²) in [4.78, 5) is 13.6. The molecule has 1 saturated heterocycles. The fraction of sp³-hybridized carbons (Fsp3) is 0.412. The van der Waals surface area contributed by atoms with Gasteiger partial charge >= 0.3 is 0 Å². The van der Waals surface area contributed by atoms with Crippen LogP contribution in [0.15, 0.2) is 50.8 Å². The summed E-state index contributed by atoms with van der Waals surface area (Å²) in [6.45, 7) is 4.09. The van der Waals surface area contributed by atoms with Crippen molar-refractivity contribution in [2.24, 2.45) is 17.0 Å². The summed E-state index contributed by atoms with van der Waals surface area (Å²) in [6, 6.07) is 6.59. The summed E-state index contributed by atoms with van der Waals surface area (Å²) in [6.07, 6.45) is 4.42. The van der Waals surface area contributed by atoms with Crippen LogP contribution in [-0.4, -0.2) is 22.2 Å². The smallest absolute Gasteiger partial charge is 0.210 e. The third-order valence-corrected chi connectivity index (χ3v) is 4.48. The van der Waals surface area contributed by atoms with Crippen molar-refractivity contribution < 1.29 is 18.8 Å². The van der Waals surface area contributed by atoms with Gasteiger partial charge in [-0.2, -0.15) is 0 Å². The maximum atomic E-state index is 11.9. The number of amides is 1. The molecular formula is C17H20N2O4. The van der Waals surface area contributed by atoms with Gasteiger partial charge in [0.15, 0.2) is 0 Å². The maximum Gasteiger partial charge on any atom is 0.210 e. The van der Waals surface area contributed by atoms with Gasteiger partial charge in [-0.15, -0.1) is 0 Å². The van der Waals surface area contributed by atoms with Crippen LogP contribution in [0.4, 0.5) is 0 Å². The first-order valence-electron chi connectivity index (χ1n) is 7.67. The zero-order valence-corrected chi connectivity index (χ0v) is 13.1. The summed E-state index contributed by atoms with van der Waals surface area (Å²) in [5, 5.41) is 13.0. The fourth-order valence-electron chi connectivity index (χ4n) is 3.51. The Labute approximate surface area is 134 Å². The average Bonchev–Trinajstić information content (AvgIpc) is 3.25. The van der Waals surface area contributed by atoms with Gasteiger partial charge in [-0.25, -0.2) is 0 Å². The van der Waals surface area contributed by atoms with E-state index in [2.05, 4.69) is 5.16 Å². The first kappa shape index (κ1) is 15.4. The van der Waals surface area contributed by atoms with Gasteiger partial charge in [0.2, 0.25) is 6.41 Å². The molecule has 2 aromatic rings. The van der Waals surface area contributed by atoms with E-state index >= 15 is 0 Å². The highest BCUT2D eigenvalue weighted by atomic mass is 16.4. The first-order chi connectivity index (χ1) is 11.2. The molecule has 1 N–H and O–H groups in total. The Bertz CT molecular complexity index is 661. The van der Waals surface area contributed by atoms with E-state index in [-0.39, 0.29) is 23.9 Å². The van der Waals surface area contributed by atoms with Gasteiger partial charge in [-0.05, 0) is 30.2 Å². The van der Waals surface area contributed by atoms with Gasteiger partial charge in [-0.1, -0.05) is 19.0 Å². The van der Waals surface area contributed by atoms with E-state index in [1.54, 1.807) is 29.6 Å². The van der Waals surface area contributed by atoms with Crippen molar-refractivity contribution >= 4 is 12.1 Å². The van der Waals surface area contributed by atoms with Gasteiger partial charge in [-0.3, -0.25) is 4.79 Å². The van der Waals surface area contributed by atoms with Crippen LogP contribution in [0.1, 0.15) is 43.9 Å². The number of piperidine rings is 1. The number of rotatable bonds is 4. The van der Waals surface area contributed by atoms with Crippen LogP contribution in [0, 0.1) is 11.8 Å². The molecule has 6 nitrogen and oxygen atoms in total. The molecule has 6 heteroatoms. The summed E-state index contributed by atoms with van der Waals surface area (Å²) < 4.78 is 11.1. The molecule has 0 saturated carbocycles. The topological polar surface area (TPSA) is 79.2 Å². The Morgan fingerprint density at radius 2 is 1.91 bits per heavy atom. The molecule has 23 heavy (non-hydrogen) atoms. The molecule has 2 aromatic heterocycles. The second-order valence-electron chi connectivity index (χ2n) is 6.11. The molecule has 3 rings (SSSR count). The molecular weight excluding hydrogens is 296 g/mol. The van der Waals surface area contributed by atoms with Crippen LogP contribution in [0.2, 0.25) is 0 Å². The highest BCUT2D eigenvalue weighted by Crippen LogP contribution is 2.45. The summed E-state index contributed by atoms with van der Waals surface area (Å²) in [5.41, 5.74) is 0.654. The van der Waals surface area contributed by atoms with Crippen molar-refractivity contribution in [3.63, 3.8) is 0 Å². The van der Waals surface area contributed by atoms with Crippen LogP contribution < -0.4 is 0 Å². The Morgan fingerprint density at radius 1 is 1.26 bits per heavy atom. The van der Waals surface area contributed by atoms with Gasteiger partial charge in [0.25, 0.3) is 0 Å². The fourth-order valence-corrected chi connectivity index (χ4v) is 3.51. The lowest BCUT2D eigenvalue weighted by Crippen LogP contribution is -2.46. The molecule has 3 heterocycles. The van der Waals surface area contributed by atoms with E-state index < -0.39 is 0 Å². The number of nitrogens with zero attached hydrogens (tertiary/aromatic N) is 2. The number of carbonyl (C=O) groups excluding carboxylic acids is 1. The molecule has 0 aliphatic carbocycles. The largest absolute Gasteiger partial charge is 0.467 e. The number of hydrogen-bond acceptors (Lipinski definition) is 5. The predicted molar refractivity (Wildman–Crippen MR) is 83.0 cm³/mol. The number of oxime groups is 1. The minimum absolute atomic E-state index is 0.123. The monoisotopic (exact) mass is 316 g/mol. The molecule has 2 unspecified atom stereocenters. The number of likely N-dealkylation sites (tertiary alicyclic amines) is 1. The molecule has 0 aromatic carbocycles. The Hall–Kier alpha value is -2.50. The highest BCUT2D eigenvalue weighted by molar-refractivity contribution is 5.89. The van der Waals surface area contributed by atoms with E-state index in [4.69, 9.17) is 8.83 Å². The van der Waals surface area contributed by atoms with Crippen molar-refractivity contribution in [1.82, 2.24) is 4.90 Å². The summed E-state index contributed by atoms with van der Waals surface area (Å²) in [7, 11) is 0. The third kappa shape index (κ3) is 2.65. The van der Waals surface area contributed by atoms with Crippen LogP contribution in [0.5, 0.6) is 0 Å². The van der Waals surface area contributed by atoms with Crippen LogP contribution in [-0.2, 0) is 4.79 Å². The average molecular weight is 316 g/mol. The van der Waals surface area contributed by atoms with Gasteiger partial charge < -0.3 is 18.9 Å². The van der Waals surface area contributed by atoms with E-state index in [9.17, 15) is 10.0 Å². The second kappa shape index (κ2) is 6.32. The zero-order valence-electron chi connectivity index (χ0n) is 13.1. The van der Waals surface area contributed by atoms with E-state index in [1.165, 1.54) is 0 Å². The second-order valence-corrected chi connectivity index (χ2v) is 6.11. The highest BCUT2D eigenvalue weighted by Gasteiger charge is 2.45. The lowest BCUT2D eigenvalue weighted by Gasteiger charge is -2.44. The number of carbonyl (C=O) groups is 1. The summed E-state index contributed by atoms with van der Waals surface area (Å²) in [5.74, 6) is 1.39. The van der Waals surface area contributed by atoms with Crippen molar-refractivity contribution in [2.45, 2.75) is 32.4 Å². The Morgan fingerprint density at radius 3 is 2.39 bits per heavy atom. The number of furan rings is 2. The Balaban J connectivity index is 2.10. The standard InChI is InChI=1S/C17H20N2O4/c1-11(2)16-12(18-21)9-13(14-5-3-7-22-14)19(10-20)17(16)15-6-4-8-23-15/h3-8,10-11,13,16-17,21H,9H2,1-2H3/b18-12-/t13?,16-,17?/m0/s1. The van der Waals surface area contributed by atoms with E-state index in [0.717, 1.165) is 6.41 Å². The lowest BCUT2D eigenvalue weighted by atomic mass is 9.76. The maximum absolute atomic E-state index is 11.9. The lowest BCUT2D eigenvalue weighted by molar-refractivity contribution is -0.126. The molecule has 1 fully saturated rings. The first-order valence-corrected chi connectivity index (χ1v) is 7.67. The SMILES string of the molecule is CC(C)[C@H]1/C(=N\O)CC(c2ccco2)N(C=O)C1c1ccco1. The number of hydrogen-bond donors (Lipinski definition) is 1. The van der Waals surface area contributed by atoms with Gasteiger partial charge in [0.05, 0.1) is 30.3 Å². The van der Waals surface area contributed by atoms with Crippen LogP contribution in [0.3, 0.4) is 0 Å². The summed E-state index contributed by atoms with van der Waals surface area (Å²) >= 11 is 0. The quantitative estimate of drug-likeness (QED) is 0.531. The van der Waals surface area contributed by atoms with E-state index in [1.807, 2.05) is 26.0 Å². The van der Waals surface area contributed by atoms with Gasteiger partial charge in [0.1, 0.15) is 11.5 Å². The minimum atomic E-state index is -0.336. The molecule has 3 atom stereocenters. The van der Waals surface area contributed by atoms with Crippen LogP contribution in [0.25, 0.3) is 0 Å². The van der Waals surface area contributed by atoms with Gasteiger partial charge in [0, 0.05) is 12.3 Å².